The Kier molecular flexibility index (Phi) is 6.34. The molecule has 1 aromatic carbocycles. The lowest BCUT2D eigenvalue weighted by molar-refractivity contribution is 0.0128. The van der Waals surface area contributed by atoms with Gasteiger partial charge in [0.05, 0.1) is 6.10 Å². The van der Waals surface area contributed by atoms with E-state index in [-0.39, 0.29) is 12.2 Å². The third-order valence-corrected chi connectivity index (χ3v) is 5.66. The van der Waals surface area contributed by atoms with Crippen LogP contribution in [0.3, 0.4) is 0 Å². The summed E-state index contributed by atoms with van der Waals surface area (Å²) in [6.07, 6.45) is 3.06. The summed E-state index contributed by atoms with van der Waals surface area (Å²) < 4.78 is 5.49. The van der Waals surface area contributed by atoms with Crippen molar-refractivity contribution in [1.82, 2.24) is 9.80 Å². The molecule has 0 aromatic heterocycles. The number of β-amino-alcohol motifs (C(OH)–C–C–N with tert-alkyl or cyclic N) is 1. The number of halogens is 1. The smallest absolute Gasteiger partial charge is 0.410 e. The first-order valence-corrected chi connectivity index (χ1v) is 10.3. The Labute approximate surface area is 167 Å². The molecule has 2 fully saturated rings. The molecule has 2 atom stereocenters. The van der Waals surface area contributed by atoms with Gasteiger partial charge in [-0.25, -0.2) is 4.79 Å². The normalized spacial score (nSPS) is 25.0. The minimum absolute atomic E-state index is 0.222. The first-order valence-electron chi connectivity index (χ1n) is 9.87. The molecule has 2 aliphatic heterocycles. The summed E-state index contributed by atoms with van der Waals surface area (Å²) >= 11 is 5.99. The van der Waals surface area contributed by atoms with E-state index < -0.39 is 5.60 Å². The molecule has 1 aromatic rings. The number of carbonyl (C=O) groups is 1. The highest BCUT2D eigenvalue weighted by atomic mass is 35.5. The molecule has 0 radical (unpaired) electrons. The molecule has 0 saturated carbocycles. The number of rotatable bonds is 3. The number of nitrogens with zero attached hydrogens (tertiary/aromatic N) is 2. The predicted octanol–water partition coefficient (Wildman–Crippen LogP) is 3.72. The zero-order valence-electron chi connectivity index (χ0n) is 16.5. The van der Waals surface area contributed by atoms with E-state index in [1.165, 1.54) is 5.56 Å². The second kappa shape index (κ2) is 8.38. The van der Waals surface area contributed by atoms with Crippen molar-refractivity contribution in [3.63, 3.8) is 0 Å². The molecule has 2 heterocycles. The van der Waals surface area contributed by atoms with Crippen molar-refractivity contribution in [1.29, 1.82) is 0 Å². The van der Waals surface area contributed by atoms with Gasteiger partial charge in [0.25, 0.3) is 0 Å². The van der Waals surface area contributed by atoms with Crippen LogP contribution in [0.4, 0.5) is 4.79 Å². The van der Waals surface area contributed by atoms with Crippen molar-refractivity contribution in [2.45, 2.75) is 70.2 Å². The number of aliphatic hydroxyl groups excluding tert-OH is 1. The zero-order chi connectivity index (χ0) is 19.6. The summed E-state index contributed by atoms with van der Waals surface area (Å²) in [7, 11) is 0. The summed E-state index contributed by atoms with van der Waals surface area (Å²) in [6, 6.07) is 8.71. The number of benzene rings is 1. The molecule has 150 valence electrons. The van der Waals surface area contributed by atoms with Crippen LogP contribution in [-0.4, -0.2) is 64.4 Å². The number of amides is 1. The van der Waals surface area contributed by atoms with Crippen LogP contribution in [0.15, 0.2) is 24.3 Å². The molecule has 3 rings (SSSR count). The zero-order valence-corrected chi connectivity index (χ0v) is 17.3. The van der Waals surface area contributed by atoms with E-state index in [0.29, 0.717) is 25.2 Å². The Balaban J connectivity index is 1.57. The monoisotopic (exact) mass is 394 g/mol. The summed E-state index contributed by atoms with van der Waals surface area (Å²) in [5, 5.41) is 11.0. The maximum Gasteiger partial charge on any atom is 0.410 e. The number of aliphatic hydroxyl groups is 1. The Morgan fingerprint density at radius 3 is 2.44 bits per heavy atom. The van der Waals surface area contributed by atoms with Crippen molar-refractivity contribution < 1.29 is 14.6 Å². The van der Waals surface area contributed by atoms with Crippen LogP contribution >= 0.6 is 11.6 Å². The molecule has 0 aliphatic carbocycles. The highest BCUT2D eigenvalue weighted by Gasteiger charge is 2.37. The average Bonchev–Trinajstić information content (AvgIpc) is 2.96. The van der Waals surface area contributed by atoms with Crippen LogP contribution in [-0.2, 0) is 11.2 Å². The van der Waals surface area contributed by atoms with Crippen LogP contribution < -0.4 is 0 Å². The Morgan fingerprint density at radius 2 is 1.85 bits per heavy atom. The molecule has 1 amide bonds. The second-order valence-corrected chi connectivity index (χ2v) is 9.21. The summed E-state index contributed by atoms with van der Waals surface area (Å²) in [6.45, 7) is 7.81. The number of hydrogen-bond acceptors (Lipinski definition) is 4. The summed E-state index contributed by atoms with van der Waals surface area (Å²) in [4.78, 5) is 16.5. The number of carbonyl (C=O) groups excluding carboxylic acids is 1. The third kappa shape index (κ3) is 5.59. The average molecular weight is 395 g/mol. The molecule has 5 nitrogen and oxygen atoms in total. The highest BCUT2D eigenvalue weighted by molar-refractivity contribution is 6.30. The molecule has 1 unspecified atom stereocenters. The number of hydrogen-bond donors (Lipinski definition) is 1. The minimum Gasteiger partial charge on any atom is -0.444 e. The van der Waals surface area contributed by atoms with Gasteiger partial charge in [-0.15, -0.1) is 0 Å². The van der Waals surface area contributed by atoms with Crippen molar-refractivity contribution >= 4 is 17.7 Å². The van der Waals surface area contributed by atoms with Gasteiger partial charge < -0.3 is 14.7 Å². The van der Waals surface area contributed by atoms with Gasteiger partial charge in [0.1, 0.15) is 5.60 Å². The Bertz CT molecular complexity index is 636. The SMILES string of the molecule is CC(C)(C)OC(=O)N1CCC(N2C[C@H](O)CC2Cc2ccc(Cl)cc2)CC1. The fourth-order valence-electron chi connectivity index (χ4n) is 4.16. The van der Waals surface area contributed by atoms with Crippen LogP contribution in [0.1, 0.15) is 45.6 Å². The van der Waals surface area contributed by atoms with Gasteiger partial charge in [-0.2, -0.15) is 0 Å². The van der Waals surface area contributed by atoms with Crippen LogP contribution in [0, 0.1) is 0 Å². The predicted molar refractivity (Wildman–Crippen MR) is 107 cm³/mol. The largest absolute Gasteiger partial charge is 0.444 e. The number of piperidine rings is 1. The fourth-order valence-corrected chi connectivity index (χ4v) is 4.29. The lowest BCUT2D eigenvalue weighted by atomic mass is 9.99. The van der Waals surface area contributed by atoms with E-state index >= 15 is 0 Å². The topological polar surface area (TPSA) is 53.0 Å². The van der Waals surface area contributed by atoms with E-state index in [4.69, 9.17) is 16.3 Å². The minimum atomic E-state index is -0.462. The molecule has 0 spiro atoms. The molecule has 27 heavy (non-hydrogen) atoms. The van der Waals surface area contributed by atoms with Gasteiger partial charge in [-0.3, -0.25) is 4.90 Å². The molecule has 1 N–H and O–H groups in total. The van der Waals surface area contributed by atoms with Crippen molar-refractivity contribution in [3.05, 3.63) is 34.9 Å². The second-order valence-electron chi connectivity index (χ2n) is 8.77. The van der Waals surface area contributed by atoms with Gasteiger partial charge in [-0.1, -0.05) is 23.7 Å². The van der Waals surface area contributed by atoms with E-state index in [1.807, 2.05) is 37.8 Å². The van der Waals surface area contributed by atoms with Crippen molar-refractivity contribution in [2.24, 2.45) is 0 Å². The highest BCUT2D eigenvalue weighted by Crippen LogP contribution is 2.29. The van der Waals surface area contributed by atoms with Gasteiger partial charge in [0, 0.05) is 36.7 Å². The third-order valence-electron chi connectivity index (χ3n) is 5.40. The molecule has 6 heteroatoms. The maximum atomic E-state index is 12.3. The fraction of sp³-hybridized carbons (Fsp3) is 0.667. The molecule has 2 aliphatic rings. The molecular formula is C21H31ClN2O3. The van der Waals surface area contributed by atoms with Gasteiger partial charge in [0.15, 0.2) is 0 Å². The van der Waals surface area contributed by atoms with Crippen molar-refractivity contribution in [3.8, 4) is 0 Å². The van der Waals surface area contributed by atoms with Gasteiger partial charge in [0.2, 0.25) is 0 Å². The number of likely N-dealkylation sites (tertiary alicyclic amines) is 2. The van der Waals surface area contributed by atoms with Crippen LogP contribution in [0.5, 0.6) is 0 Å². The van der Waals surface area contributed by atoms with Crippen molar-refractivity contribution in [2.75, 3.05) is 19.6 Å². The van der Waals surface area contributed by atoms with E-state index in [9.17, 15) is 9.90 Å². The first-order chi connectivity index (χ1) is 12.7. The van der Waals surface area contributed by atoms with Crippen LogP contribution in [0.2, 0.25) is 5.02 Å². The summed E-state index contributed by atoms with van der Waals surface area (Å²) in [5.41, 5.74) is 0.783. The molecular weight excluding hydrogens is 364 g/mol. The van der Waals surface area contributed by atoms with E-state index in [0.717, 1.165) is 37.3 Å². The van der Waals surface area contributed by atoms with E-state index in [2.05, 4.69) is 17.0 Å². The van der Waals surface area contributed by atoms with Gasteiger partial charge in [-0.05, 0) is 64.2 Å². The summed E-state index contributed by atoms with van der Waals surface area (Å²) in [5.74, 6) is 0. The Hall–Kier alpha value is -1.30. The van der Waals surface area contributed by atoms with E-state index in [1.54, 1.807) is 0 Å². The maximum absolute atomic E-state index is 12.3. The lowest BCUT2D eigenvalue weighted by Gasteiger charge is -2.39. The first kappa shape index (κ1) is 20.4. The number of ether oxygens (including phenoxy) is 1. The van der Waals surface area contributed by atoms with Crippen LogP contribution in [0.25, 0.3) is 0 Å². The van der Waals surface area contributed by atoms with Gasteiger partial charge >= 0.3 is 6.09 Å². The standard InChI is InChI=1S/C21H31ClN2O3/c1-21(2,3)27-20(26)23-10-8-17(9-11-23)24-14-19(25)13-18(24)12-15-4-6-16(22)7-5-15/h4-7,17-19,25H,8-14H2,1-3H3/t18?,19-/m1/s1. The Morgan fingerprint density at radius 1 is 1.22 bits per heavy atom. The quantitative estimate of drug-likeness (QED) is 0.848. The molecule has 2 saturated heterocycles. The molecule has 0 bridgehead atoms. The lowest BCUT2D eigenvalue weighted by Crippen LogP contribution is -2.49.